The van der Waals surface area contributed by atoms with E-state index in [0.717, 1.165) is 28.1 Å². The molecule has 45 heavy (non-hydrogen) atoms. The number of anilines is 6. The molecular formula is C41H36N4. The van der Waals surface area contributed by atoms with E-state index in [4.69, 9.17) is 9.97 Å². The van der Waals surface area contributed by atoms with Crippen molar-refractivity contribution in [2.45, 2.75) is 57.8 Å². The fourth-order valence-electron chi connectivity index (χ4n) is 8.43. The summed E-state index contributed by atoms with van der Waals surface area (Å²) in [6.45, 7) is 14.4. The first kappa shape index (κ1) is 26.4. The maximum atomic E-state index is 5.01. The van der Waals surface area contributed by atoms with Gasteiger partial charge in [-0.1, -0.05) is 108 Å². The van der Waals surface area contributed by atoms with Crippen molar-refractivity contribution in [1.29, 1.82) is 0 Å². The van der Waals surface area contributed by atoms with Crippen molar-refractivity contribution in [3.05, 3.63) is 143 Å². The second-order valence-corrected chi connectivity index (χ2v) is 14.4. The molecule has 2 aromatic heterocycles. The second-order valence-electron chi connectivity index (χ2n) is 14.4. The van der Waals surface area contributed by atoms with E-state index >= 15 is 0 Å². The number of fused-ring (bicyclic) bond motifs is 1. The number of para-hydroxylation sites is 2. The van der Waals surface area contributed by atoms with Crippen LogP contribution in [0.4, 0.5) is 34.4 Å². The van der Waals surface area contributed by atoms with Gasteiger partial charge in [0.1, 0.15) is 11.6 Å². The van der Waals surface area contributed by atoms with Crippen LogP contribution in [0.2, 0.25) is 0 Å². The van der Waals surface area contributed by atoms with Gasteiger partial charge in [-0.05, 0) is 69.1 Å². The summed E-state index contributed by atoms with van der Waals surface area (Å²) in [6.07, 6.45) is 3.78. The molecule has 0 spiro atoms. The molecule has 0 saturated carbocycles. The Labute approximate surface area is 265 Å². The summed E-state index contributed by atoms with van der Waals surface area (Å²) in [5, 5.41) is 2.25. The van der Waals surface area contributed by atoms with Crippen LogP contribution in [0.15, 0.2) is 109 Å². The van der Waals surface area contributed by atoms with Crippen molar-refractivity contribution in [2.75, 3.05) is 9.80 Å². The molecule has 0 aliphatic carbocycles. The zero-order valence-corrected chi connectivity index (χ0v) is 26.7. The van der Waals surface area contributed by atoms with Gasteiger partial charge in [-0.15, -0.1) is 0 Å². The SMILES string of the molecule is CC1(C)c2cccc3c2N2c4c1cccc4C(C)(C)c1cc(N(c4ccccn4)c4nccc5ccccc45)cc(c12)C3(C)C. The van der Waals surface area contributed by atoms with Gasteiger partial charge in [0.2, 0.25) is 0 Å². The third-order valence-corrected chi connectivity index (χ3v) is 10.9. The first-order valence-corrected chi connectivity index (χ1v) is 15.9. The first-order chi connectivity index (χ1) is 21.6. The summed E-state index contributed by atoms with van der Waals surface area (Å²) in [7, 11) is 0. The molecule has 5 heterocycles. The van der Waals surface area contributed by atoms with Crippen LogP contribution in [0, 0.1) is 0 Å². The molecule has 220 valence electrons. The normalized spacial score (nSPS) is 17.2. The first-order valence-electron chi connectivity index (χ1n) is 15.9. The smallest absolute Gasteiger partial charge is 0.146 e. The molecule has 0 saturated heterocycles. The van der Waals surface area contributed by atoms with Crippen LogP contribution in [-0.4, -0.2) is 9.97 Å². The standard InChI is InChI=1S/C41H36N4/c1-39(2)28-15-11-17-30-35(28)45-36-29(39)16-12-18-31(36)41(5,6)33-24-26(23-32(37(33)45)40(30,3)4)44(34-19-9-10-21-42-34)38-27-14-8-7-13-25(27)20-22-43-38/h7-24H,1-6H3. The average molecular weight is 585 g/mol. The fraction of sp³-hybridized carbons (Fsp3) is 0.220. The monoisotopic (exact) mass is 584 g/mol. The third kappa shape index (κ3) is 3.27. The van der Waals surface area contributed by atoms with Crippen LogP contribution in [0.5, 0.6) is 0 Å². The molecule has 4 aromatic carbocycles. The summed E-state index contributed by atoms with van der Waals surface area (Å²) < 4.78 is 0. The summed E-state index contributed by atoms with van der Waals surface area (Å²) in [5.74, 6) is 1.73. The van der Waals surface area contributed by atoms with Crippen LogP contribution in [0.3, 0.4) is 0 Å². The Hall–Kier alpha value is -4.96. The van der Waals surface area contributed by atoms with E-state index in [1.54, 1.807) is 0 Å². The molecule has 3 aliphatic heterocycles. The van der Waals surface area contributed by atoms with E-state index in [-0.39, 0.29) is 16.2 Å². The van der Waals surface area contributed by atoms with Crippen molar-refractivity contribution in [2.24, 2.45) is 0 Å². The highest BCUT2D eigenvalue weighted by molar-refractivity contribution is 6.01. The number of nitrogens with zero attached hydrogens (tertiary/aromatic N) is 4. The Kier molecular flexibility index (Phi) is 5.05. The topological polar surface area (TPSA) is 32.3 Å². The number of hydrogen-bond acceptors (Lipinski definition) is 4. The summed E-state index contributed by atoms with van der Waals surface area (Å²) >= 11 is 0. The highest BCUT2D eigenvalue weighted by Gasteiger charge is 2.51. The van der Waals surface area contributed by atoms with Gasteiger partial charge in [-0.3, -0.25) is 4.90 Å². The Morgan fingerprint density at radius 1 is 0.511 bits per heavy atom. The number of pyridine rings is 2. The highest BCUT2D eigenvalue weighted by atomic mass is 15.2. The van der Waals surface area contributed by atoms with Crippen LogP contribution >= 0.6 is 0 Å². The van der Waals surface area contributed by atoms with Crippen molar-refractivity contribution < 1.29 is 0 Å². The van der Waals surface area contributed by atoms with Crippen molar-refractivity contribution in [3.8, 4) is 0 Å². The average Bonchev–Trinajstić information content (AvgIpc) is 3.04. The molecule has 9 rings (SSSR count). The second kappa shape index (κ2) is 8.60. The molecule has 0 radical (unpaired) electrons. The van der Waals surface area contributed by atoms with E-state index in [9.17, 15) is 0 Å². The molecule has 3 aliphatic rings. The molecule has 0 fully saturated rings. The van der Waals surface area contributed by atoms with Gasteiger partial charge in [-0.25, -0.2) is 9.97 Å². The molecule has 0 N–H and O–H groups in total. The zero-order valence-electron chi connectivity index (χ0n) is 26.7. The number of rotatable bonds is 3. The quantitative estimate of drug-likeness (QED) is 0.207. The fourth-order valence-corrected chi connectivity index (χ4v) is 8.43. The van der Waals surface area contributed by atoms with Crippen molar-refractivity contribution >= 4 is 45.2 Å². The maximum Gasteiger partial charge on any atom is 0.146 e. The molecule has 4 nitrogen and oxygen atoms in total. The number of benzene rings is 4. The van der Waals surface area contributed by atoms with E-state index < -0.39 is 0 Å². The lowest BCUT2D eigenvalue weighted by molar-refractivity contribution is 0.566. The maximum absolute atomic E-state index is 5.01. The van der Waals surface area contributed by atoms with Gasteiger partial charge >= 0.3 is 0 Å². The van der Waals surface area contributed by atoms with Gasteiger partial charge in [0.15, 0.2) is 0 Å². The summed E-state index contributed by atoms with van der Waals surface area (Å²) in [6, 6.07) is 35.4. The molecule has 0 unspecified atom stereocenters. The Balaban J connectivity index is 1.41. The van der Waals surface area contributed by atoms with Gasteiger partial charge in [-0.2, -0.15) is 0 Å². The predicted molar refractivity (Wildman–Crippen MR) is 185 cm³/mol. The van der Waals surface area contributed by atoms with Crippen LogP contribution < -0.4 is 9.80 Å². The molecule has 6 aromatic rings. The Morgan fingerprint density at radius 3 is 1.62 bits per heavy atom. The van der Waals surface area contributed by atoms with Crippen LogP contribution in [-0.2, 0) is 16.2 Å². The lowest BCUT2D eigenvalue weighted by Crippen LogP contribution is -2.43. The minimum atomic E-state index is -0.236. The lowest BCUT2D eigenvalue weighted by atomic mass is 9.61. The predicted octanol–water partition coefficient (Wildman–Crippen LogP) is 10.5. The largest absolute Gasteiger partial charge is 0.309 e. The molecular weight excluding hydrogens is 548 g/mol. The minimum absolute atomic E-state index is 0.107. The van der Waals surface area contributed by atoms with E-state index in [1.807, 2.05) is 18.5 Å². The van der Waals surface area contributed by atoms with Crippen molar-refractivity contribution in [3.63, 3.8) is 0 Å². The third-order valence-electron chi connectivity index (χ3n) is 10.9. The highest BCUT2D eigenvalue weighted by Crippen LogP contribution is 2.66. The molecule has 0 amide bonds. The van der Waals surface area contributed by atoms with Gasteiger partial charge in [0.05, 0.1) is 17.1 Å². The zero-order chi connectivity index (χ0) is 30.9. The van der Waals surface area contributed by atoms with E-state index in [2.05, 4.69) is 142 Å². The number of hydrogen-bond donors (Lipinski definition) is 0. The Bertz CT molecular complexity index is 2110. The van der Waals surface area contributed by atoms with Gasteiger partial charge in [0.25, 0.3) is 0 Å². The van der Waals surface area contributed by atoms with Crippen LogP contribution in [0.1, 0.15) is 74.9 Å². The molecule has 0 atom stereocenters. The van der Waals surface area contributed by atoms with Gasteiger partial charge < -0.3 is 4.90 Å². The number of aromatic nitrogens is 2. The molecule has 4 heteroatoms. The minimum Gasteiger partial charge on any atom is -0.309 e. The lowest BCUT2D eigenvalue weighted by Gasteiger charge is -2.55. The Morgan fingerprint density at radius 2 is 1.04 bits per heavy atom. The van der Waals surface area contributed by atoms with Gasteiger partial charge in [0, 0.05) is 39.7 Å². The van der Waals surface area contributed by atoms with E-state index in [0.29, 0.717) is 0 Å². The molecule has 0 bridgehead atoms. The summed E-state index contributed by atoms with van der Waals surface area (Å²) in [5.41, 5.74) is 12.7. The van der Waals surface area contributed by atoms with Crippen molar-refractivity contribution in [1.82, 2.24) is 9.97 Å². The summed E-state index contributed by atoms with van der Waals surface area (Å²) in [4.78, 5) is 14.8. The van der Waals surface area contributed by atoms with Crippen LogP contribution in [0.25, 0.3) is 10.8 Å². The van der Waals surface area contributed by atoms with E-state index in [1.165, 1.54) is 50.4 Å².